The van der Waals surface area contributed by atoms with Crippen LogP contribution in [0.4, 0.5) is 9.18 Å². The standard InChI is InChI=1S/C28H34FNO4Si/c1-18(35)28(2,3)34-27(32)30-15-14-24(20-10-12-23(29)13-11-20)25(17-30)33-26(31)22-9-8-19-6-4-5-7-21(19)16-22/h4-13,16,18,24-26,31H,14-15,17H2,1-3,35H3. The van der Waals surface area contributed by atoms with Crippen LogP contribution in [0.2, 0.25) is 5.54 Å². The van der Waals surface area contributed by atoms with E-state index in [4.69, 9.17) is 9.47 Å². The number of nitrogens with zero attached hydrogens (tertiary/aromatic N) is 1. The minimum Gasteiger partial charge on any atom is -0.443 e. The number of carbonyl (C=O) groups excluding carboxylic acids is 1. The molecule has 1 aliphatic heterocycles. The highest BCUT2D eigenvalue weighted by molar-refractivity contribution is 6.12. The van der Waals surface area contributed by atoms with Gasteiger partial charge in [-0.3, -0.25) is 0 Å². The predicted molar refractivity (Wildman–Crippen MR) is 139 cm³/mol. The summed E-state index contributed by atoms with van der Waals surface area (Å²) in [5, 5.41) is 13.1. The number of rotatable bonds is 6. The lowest BCUT2D eigenvalue weighted by Gasteiger charge is -2.40. The average molecular weight is 496 g/mol. The maximum absolute atomic E-state index is 13.6. The van der Waals surface area contributed by atoms with Crippen molar-refractivity contribution in [2.75, 3.05) is 13.1 Å². The predicted octanol–water partition coefficient (Wildman–Crippen LogP) is 4.93. The van der Waals surface area contributed by atoms with E-state index >= 15 is 0 Å². The van der Waals surface area contributed by atoms with Crippen LogP contribution in [-0.4, -0.2) is 51.1 Å². The van der Waals surface area contributed by atoms with Crippen LogP contribution in [0.5, 0.6) is 0 Å². The van der Waals surface area contributed by atoms with Crippen molar-refractivity contribution in [2.45, 2.75) is 56.6 Å². The topological polar surface area (TPSA) is 59.0 Å². The lowest BCUT2D eigenvalue weighted by atomic mass is 9.87. The summed E-state index contributed by atoms with van der Waals surface area (Å²) >= 11 is 0. The van der Waals surface area contributed by atoms with Crippen LogP contribution in [0.3, 0.4) is 0 Å². The quantitative estimate of drug-likeness (QED) is 0.389. The number of amides is 1. The largest absolute Gasteiger partial charge is 0.443 e. The summed E-state index contributed by atoms with van der Waals surface area (Å²) in [7, 11) is 0.914. The minimum absolute atomic E-state index is 0.0970. The Balaban J connectivity index is 1.56. The molecule has 1 aliphatic rings. The number of hydrogen-bond donors (Lipinski definition) is 1. The maximum atomic E-state index is 13.6. The van der Waals surface area contributed by atoms with Gasteiger partial charge in [0.15, 0.2) is 6.29 Å². The molecule has 7 heteroatoms. The third-order valence-corrected chi connectivity index (χ3v) is 8.61. The van der Waals surface area contributed by atoms with Gasteiger partial charge < -0.3 is 19.5 Å². The molecule has 1 amide bonds. The van der Waals surface area contributed by atoms with Gasteiger partial charge in [0.05, 0.1) is 12.6 Å². The van der Waals surface area contributed by atoms with E-state index in [1.54, 1.807) is 17.0 Å². The number of benzene rings is 3. The van der Waals surface area contributed by atoms with Gasteiger partial charge in [-0.15, -0.1) is 0 Å². The molecule has 0 bridgehead atoms. The molecule has 1 N–H and O–H groups in total. The van der Waals surface area contributed by atoms with Crippen molar-refractivity contribution in [3.63, 3.8) is 0 Å². The van der Waals surface area contributed by atoms with Crippen LogP contribution < -0.4 is 0 Å². The molecule has 5 nitrogen and oxygen atoms in total. The second-order valence-corrected chi connectivity index (χ2v) is 11.9. The number of aliphatic hydroxyl groups excluding tert-OH is 1. The first-order valence-corrected chi connectivity index (χ1v) is 13.3. The molecule has 3 aromatic rings. The van der Waals surface area contributed by atoms with Crippen LogP contribution in [0.15, 0.2) is 66.7 Å². The van der Waals surface area contributed by atoms with Gasteiger partial charge in [-0.05, 0) is 60.3 Å². The number of ether oxygens (including phenoxy) is 2. The highest BCUT2D eigenvalue weighted by Gasteiger charge is 2.37. The summed E-state index contributed by atoms with van der Waals surface area (Å²) in [5.41, 5.74) is 1.32. The van der Waals surface area contributed by atoms with Gasteiger partial charge in [0, 0.05) is 28.3 Å². The smallest absolute Gasteiger partial charge is 0.410 e. The fourth-order valence-electron chi connectivity index (χ4n) is 4.32. The number of fused-ring (bicyclic) bond motifs is 1. The van der Waals surface area contributed by atoms with Crippen LogP contribution in [-0.2, 0) is 9.47 Å². The number of halogens is 1. The van der Waals surface area contributed by atoms with E-state index in [2.05, 4.69) is 6.92 Å². The summed E-state index contributed by atoms with van der Waals surface area (Å²) in [4.78, 5) is 14.7. The van der Waals surface area contributed by atoms with Crippen molar-refractivity contribution in [1.29, 1.82) is 0 Å². The van der Waals surface area contributed by atoms with Gasteiger partial charge in [-0.1, -0.05) is 55.5 Å². The number of piperidine rings is 1. The first-order chi connectivity index (χ1) is 16.6. The van der Waals surface area contributed by atoms with Gasteiger partial charge in [0.2, 0.25) is 0 Å². The Morgan fingerprint density at radius 1 is 1.11 bits per heavy atom. The van der Waals surface area contributed by atoms with Crippen LogP contribution in [0, 0.1) is 5.82 Å². The Morgan fingerprint density at radius 2 is 1.80 bits per heavy atom. The summed E-state index contributed by atoms with van der Waals surface area (Å²) in [5.74, 6) is -0.400. The molecule has 4 rings (SSSR count). The van der Waals surface area contributed by atoms with Crippen molar-refractivity contribution in [3.05, 3.63) is 83.7 Å². The zero-order valence-electron chi connectivity index (χ0n) is 20.8. The third kappa shape index (κ3) is 5.91. The van der Waals surface area contributed by atoms with Crippen molar-refractivity contribution in [2.24, 2.45) is 0 Å². The lowest BCUT2D eigenvalue weighted by molar-refractivity contribution is -0.159. The fraction of sp³-hybridized carbons (Fsp3) is 0.393. The van der Waals surface area contributed by atoms with Crippen molar-refractivity contribution in [3.8, 4) is 0 Å². The monoisotopic (exact) mass is 495 g/mol. The van der Waals surface area contributed by atoms with E-state index in [-0.39, 0.29) is 24.4 Å². The van der Waals surface area contributed by atoms with Crippen molar-refractivity contribution in [1.82, 2.24) is 4.90 Å². The van der Waals surface area contributed by atoms with Gasteiger partial charge in [-0.25, -0.2) is 9.18 Å². The van der Waals surface area contributed by atoms with Crippen molar-refractivity contribution < 1.29 is 23.8 Å². The normalized spacial score (nSPS) is 20.5. The Morgan fingerprint density at radius 3 is 2.49 bits per heavy atom. The number of hydrogen-bond acceptors (Lipinski definition) is 4. The Hall–Kier alpha value is -2.74. The molecule has 0 aliphatic carbocycles. The average Bonchev–Trinajstić information content (AvgIpc) is 2.84. The zero-order chi connectivity index (χ0) is 25.2. The van der Waals surface area contributed by atoms with Crippen LogP contribution in [0.1, 0.15) is 50.5 Å². The molecule has 0 radical (unpaired) electrons. The van der Waals surface area contributed by atoms with E-state index < -0.39 is 18.0 Å². The molecular formula is C28H34FNO4Si. The highest BCUT2D eigenvalue weighted by Crippen LogP contribution is 2.35. The molecule has 3 aromatic carbocycles. The number of aliphatic hydroxyl groups is 1. The zero-order valence-corrected chi connectivity index (χ0v) is 22.8. The van der Waals surface area contributed by atoms with Crippen molar-refractivity contribution >= 4 is 27.1 Å². The third-order valence-electron chi connectivity index (χ3n) is 7.22. The molecule has 4 atom stereocenters. The maximum Gasteiger partial charge on any atom is 0.410 e. The summed E-state index contributed by atoms with van der Waals surface area (Å²) < 4.78 is 25.6. The molecule has 0 saturated carbocycles. The lowest BCUT2D eigenvalue weighted by Crippen LogP contribution is -2.49. The molecule has 0 spiro atoms. The first-order valence-electron chi connectivity index (χ1n) is 12.2. The Labute approximate surface area is 209 Å². The van der Waals surface area contributed by atoms with E-state index in [1.165, 1.54) is 12.1 Å². The summed E-state index contributed by atoms with van der Waals surface area (Å²) in [6.07, 6.45) is -1.40. The first kappa shape index (κ1) is 25.4. The molecule has 186 valence electrons. The Kier molecular flexibility index (Phi) is 7.59. The minimum atomic E-state index is -1.17. The molecule has 35 heavy (non-hydrogen) atoms. The van der Waals surface area contributed by atoms with E-state index in [1.807, 2.05) is 56.3 Å². The molecular weight excluding hydrogens is 461 g/mol. The molecule has 1 fully saturated rings. The summed E-state index contributed by atoms with van der Waals surface area (Å²) in [6.45, 7) is 6.72. The van der Waals surface area contributed by atoms with E-state index in [0.717, 1.165) is 26.6 Å². The van der Waals surface area contributed by atoms with Gasteiger partial charge in [-0.2, -0.15) is 0 Å². The van der Waals surface area contributed by atoms with E-state index in [9.17, 15) is 14.3 Å². The SMILES string of the molecule is CC([SiH3])C(C)(C)OC(=O)N1CCC(c2ccc(F)cc2)C(OC(O)c2ccc3ccccc3c2)C1. The van der Waals surface area contributed by atoms with Crippen LogP contribution in [0.25, 0.3) is 10.8 Å². The number of likely N-dealkylation sites (tertiary alicyclic amines) is 1. The fourth-order valence-corrected chi connectivity index (χ4v) is 4.44. The van der Waals surface area contributed by atoms with Gasteiger partial charge in [0.1, 0.15) is 11.4 Å². The van der Waals surface area contributed by atoms with Crippen LogP contribution >= 0.6 is 0 Å². The van der Waals surface area contributed by atoms with Gasteiger partial charge in [0.25, 0.3) is 0 Å². The molecule has 4 unspecified atom stereocenters. The Bertz CT molecular complexity index is 1170. The highest BCUT2D eigenvalue weighted by atomic mass is 28.1. The number of carbonyl (C=O) groups is 1. The van der Waals surface area contributed by atoms with E-state index in [0.29, 0.717) is 24.1 Å². The molecule has 1 saturated heterocycles. The molecule has 1 heterocycles. The summed E-state index contributed by atoms with van der Waals surface area (Å²) in [6, 6.07) is 20.0. The second kappa shape index (κ2) is 10.5. The molecule has 0 aromatic heterocycles. The second-order valence-electron chi connectivity index (χ2n) is 10.2. The van der Waals surface area contributed by atoms with Gasteiger partial charge >= 0.3 is 6.09 Å².